The first-order valence-corrected chi connectivity index (χ1v) is 5.72. The number of hydrogen-bond donors (Lipinski definition) is 0. The summed E-state index contributed by atoms with van der Waals surface area (Å²) in [6, 6.07) is 2.05. The number of hydrogen-bond acceptors (Lipinski definition) is 2. The van der Waals surface area contributed by atoms with Crippen molar-refractivity contribution in [3.05, 3.63) is 21.9 Å². The summed E-state index contributed by atoms with van der Waals surface area (Å²) in [6.45, 7) is 2.67. The molecule has 1 amide bonds. The molecule has 1 aromatic heterocycles. The van der Waals surface area contributed by atoms with Crippen LogP contribution >= 0.6 is 27.3 Å². The molecule has 0 atom stereocenters. The SMILES string of the molecule is Cc1ccsc1CN(C)C(=O)C#CBr. The zero-order valence-electron chi connectivity index (χ0n) is 8.00. The molecule has 0 spiro atoms. The van der Waals surface area contributed by atoms with Gasteiger partial charge in [-0.3, -0.25) is 4.79 Å². The van der Waals surface area contributed by atoms with Crippen LogP contribution in [0.4, 0.5) is 0 Å². The largest absolute Gasteiger partial charge is 0.330 e. The Labute approximate surface area is 96.0 Å². The molecule has 2 nitrogen and oxygen atoms in total. The van der Waals surface area contributed by atoms with Crippen molar-refractivity contribution in [2.24, 2.45) is 0 Å². The molecule has 14 heavy (non-hydrogen) atoms. The quantitative estimate of drug-likeness (QED) is 0.757. The molecule has 74 valence electrons. The van der Waals surface area contributed by atoms with Crippen molar-refractivity contribution >= 4 is 33.2 Å². The van der Waals surface area contributed by atoms with E-state index in [4.69, 9.17) is 0 Å². The first kappa shape index (κ1) is 11.3. The van der Waals surface area contributed by atoms with Crippen molar-refractivity contribution in [1.29, 1.82) is 0 Å². The van der Waals surface area contributed by atoms with Gasteiger partial charge in [-0.05, 0) is 28.8 Å². The molecule has 0 aliphatic carbocycles. The summed E-state index contributed by atoms with van der Waals surface area (Å²) in [6.07, 6.45) is 0. The summed E-state index contributed by atoms with van der Waals surface area (Å²) in [7, 11) is 1.75. The van der Waals surface area contributed by atoms with Gasteiger partial charge in [-0.1, -0.05) is 0 Å². The minimum absolute atomic E-state index is 0.172. The lowest BCUT2D eigenvalue weighted by Gasteiger charge is -2.12. The van der Waals surface area contributed by atoms with Crippen LogP contribution in [0.15, 0.2) is 11.4 Å². The smallest absolute Gasteiger partial charge is 0.299 e. The Bertz CT molecular complexity index is 388. The van der Waals surface area contributed by atoms with E-state index in [1.54, 1.807) is 23.3 Å². The van der Waals surface area contributed by atoms with Gasteiger partial charge >= 0.3 is 0 Å². The Hall–Kier alpha value is -0.790. The number of carbonyl (C=O) groups excluding carboxylic acids is 1. The van der Waals surface area contributed by atoms with E-state index >= 15 is 0 Å². The fourth-order valence-corrected chi connectivity index (χ4v) is 2.12. The van der Waals surface area contributed by atoms with Gasteiger partial charge in [0.25, 0.3) is 5.91 Å². The second-order valence-electron chi connectivity index (χ2n) is 2.91. The Morgan fingerprint density at radius 2 is 2.43 bits per heavy atom. The van der Waals surface area contributed by atoms with Crippen LogP contribution in [0.1, 0.15) is 10.4 Å². The second kappa shape index (κ2) is 5.18. The standard InChI is InChI=1S/C10H10BrNOS/c1-8-4-6-14-9(8)7-12(2)10(13)3-5-11/h4,6H,7H2,1-2H3. The van der Waals surface area contributed by atoms with Crippen LogP contribution in [0.5, 0.6) is 0 Å². The second-order valence-corrected chi connectivity index (χ2v) is 4.30. The van der Waals surface area contributed by atoms with Gasteiger partial charge in [0.15, 0.2) is 0 Å². The third-order valence-electron chi connectivity index (χ3n) is 1.85. The lowest BCUT2D eigenvalue weighted by molar-refractivity contribution is -0.124. The van der Waals surface area contributed by atoms with E-state index in [2.05, 4.69) is 32.7 Å². The lowest BCUT2D eigenvalue weighted by Crippen LogP contribution is -2.24. The fourth-order valence-electron chi connectivity index (χ4n) is 0.989. The van der Waals surface area contributed by atoms with Gasteiger partial charge in [-0.15, -0.1) is 11.3 Å². The predicted octanol–water partition coefficient (Wildman–Crippen LogP) is 2.37. The minimum Gasteiger partial charge on any atom is -0.330 e. The monoisotopic (exact) mass is 271 g/mol. The third-order valence-corrected chi connectivity index (χ3v) is 3.06. The summed E-state index contributed by atoms with van der Waals surface area (Å²) in [5.74, 6) is 2.26. The molecule has 0 fully saturated rings. The summed E-state index contributed by atoms with van der Waals surface area (Å²) in [4.78, 5) is 16.5. The molecule has 1 heterocycles. The van der Waals surface area contributed by atoms with E-state index in [9.17, 15) is 4.79 Å². The number of carbonyl (C=O) groups is 1. The molecule has 0 saturated heterocycles. The molecule has 4 heteroatoms. The van der Waals surface area contributed by atoms with Gasteiger partial charge in [0, 0.05) is 33.8 Å². The van der Waals surface area contributed by atoms with Crippen LogP contribution in [0.3, 0.4) is 0 Å². The topological polar surface area (TPSA) is 20.3 Å². The summed E-state index contributed by atoms with van der Waals surface area (Å²) in [5, 5.41) is 2.03. The van der Waals surface area contributed by atoms with Crippen LogP contribution in [-0.4, -0.2) is 17.9 Å². The first-order chi connectivity index (χ1) is 6.65. The van der Waals surface area contributed by atoms with Crippen molar-refractivity contribution in [2.75, 3.05) is 7.05 Å². The summed E-state index contributed by atoms with van der Waals surface area (Å²) >= 11 is 4.56. The highest BCUT2D eigenvalue weighted by Crippen LogP contribution is 2.16. The Morgan fingerprint density at radius 1 is 1.71 bits per heavy atom. The molecule has 0 unspecified atom stereocenters. The van der Waals surface area contributed by atoms with Crippen LogP contribution < -0.4 is 0 Å². The van der Waals surface area contributed by atoms with E-state index in [1.165, 1.54) is 10.4 Å². The van der Waals surface area contributed by atoms with E-state index in [1.807, 2.05) is 12.3 Å². The van der Waals surface area contributed by atoms with Crippen molar-refractivity contribution in [3.63, 3.8) is 0 Å². The number of aryl methyl sites for hydroxylation is 1. The van der Waals surface area contributed by atoms with Crippen molar-refractivity contribution < 1.29 is 4.79 Å². The molecule has 1 rings (SSSR count). The predicted molar refractivity (Wildman–Crippen MR) is 62.2 cm³/mol. The highest BCUT2D eigenvalue weighted by molar-refractivity contribution is 9.12. The number of halogens is 1. The van der Waals surface area contributed by atoms with Gasteiger partial charge in [-0.2, -0.15) is 0 Å². The normalized spacial score (nSPS) is 9.07. The number of amides is 1. The molecule has 0 saturated carbocycles. The van der Waals surface area contributed by atoms with Crippen LogP contribution in [0.2, 0.25) is 0 Å². The molecular weight excluding hydrogens is 262 g/mol. The minimum atomic E-state index is -0.172. The summed E-state index contributed by atoms with van der Waals surface area (Å²) < 4.78 is 0. The molecule has 0 aliphatic heterocycles. The van der Waals surface area contributed by atoms with Crippen molar-refractivity contribution in [1.82, 2.24) is 4.90 Å². The maximum absolute atomic E-state index is 11.3. The fraction of sp³-hybridized carbons (Fsp3) is 0.300. The number of rotatable bonds is 2. The Balaban J connectivity index is 2.64. The highest BCUT2D eigenvalue weighted by atomic mass is 79.9. The average molecular weight is 272 g/mol. The van der Waals surface area contributed by atoms with E-state index in [0.29, 0.717) is 6.54 Å². The van der Waals surface area contributed by atoms with E-state index < -0.39 is 0 Å². The third kappa shape index (κ3) is 2.86. The average Bonchev–Trinajstić information content (AvgIpc) is 2.52. The first-order valence-electron chi connectivity index (χ1n) is 4.05. The number of thiophene rings is 1. The van der Waals surface area contributed by atoms with Crippen LogP contribution in [0, 0.1) is 17.7 Å². The van der Waals surface area contributed by atoms with Crippen LogP contribution in [0.25, 0.3) is 0 Å². The molecule has 0 aromatic carbocycles. The van der Waals surface area contributed by atoms with E-state index in [-0.39, 0.29) is 5.91 Å². The molecule has 0 aliphatic rings. The number of nitrogens with zero attached hydrogens (tertiary/aromatic N) is 1. The zero-order chi connectivity index (χ0) is 10.6. The van der Waals surface area contributed by atoms with Crippen molar-refractivity contribution in [2.45, 2.75) is 13.5 Å². The summed E-state index contributed by atoms with van der Waals surface area (Å²) in [5.41, 5.74) is 1.22. The maximum atomic E-state index is 11.3. The maximum Gasteiger partial charge on any atom is 0.299 e. The van der Waals surface area contributed by atoms with Crippen molar-refractivity contribution in [3.8, 4) is 10.8 Å². The van der Waals surface area contributed by atoms with E-state index in [0.717, 1.165) is 0 Å². The Morgan fingerprint density at radius 3 is 2.93 bits per heavy atom. The van der Waals surface area contributed by atoms with Gasteiger partial charge in [0.1, 0.15) is 0 Å². The van der Waals surface area contributed by atoms with Gasteiger partial charge < -0.3 is 4.90 Å². The van der Waals surface area contributed by atoms with Crippen LogP contribution in [-0.2, 0) is 11.3 Å². The van der Waals surface area contributed by atoms with Gasteiger partial charge in [-0.25, -0.2) is 0 Å². The molecule has 0 N–H and O–H groups in total. The lowest BCUT2D eigenvalue weighted by atomic mass is 10.3. The molecule has 0 radical (unpaired) electrons. The van der Waals surface area contributed by atoms with Gasteiger partial charge in [0.2, 0.25) is 0 Å². The molecule has 0 bridgehead atoms. The molecular formula is C10H10BrNOS. The Kier molecular flexibility index (Phi) is 4.18. The highest BCUT2D eigenvalue weighted by Gasteiger charge is 2.08. The molecule has 1 aromatic rings. The van der Waals surface area contributed by atoms with Gasteiger partial charge in [0.05, 0.1) is 6.54 Å². The zero-order valence-corrected chi connectivity index (χ0v) is 10.4.